The highest BCUT2D eigenvalue weighted by Gasteiger charge is 2.32. The lowest BCUT2D eigenvalue weighted by Crippen LogP contribution is -2.51. The van der Waals surface area contributed by atoms with Crippen molar-refractivity contribution in [1.29, 1.82) is 0 Å². The van der Waals surface area contributed by atoms with Crippen LogP contribution >= 0.6 is 0 Å². The van der Waals surface area contributed by atoms with Crippen LogP contribution < -0.4 is 10.6 Å². The van der Waals surface area contributed by atoms with E-state index in [1.54, 1.807) is 12.3 Å². The van der Waals surface area contributed by atoms with E-state index in [2.05, 4.69) is 32.4 Å². The van der Waals surface area contributed by atoms with Crippen molar-refractivity contribution >= 4 is 17.6 Å². The average Bonchev–Trinajstić information content (AvgIpc) is 3.14. The summed E-state index contributed by atoms with van der Waals surface area (Å²) in [4.78, 5) is 30.1. The number of likely N-dealkylation sites (tertiary alicyclic amines) is 1. The molecule has 1 aromatic heterocycles. The van der Waals surface area contributed by atoms with Crippen molar-refractivity contribution in [2.24, 2.45) is 0 Å². The van der Waals surface area contributed by atoms with Crippen molar-refractivity contribution in [3.8, 4) is 11.8 Å². The van der Waals surface area contributed by atoms with Gasteiger partial charge in [0.25, 0.3) is 0 Å². The maximum Gasteiger partial charge on any atom is 0.235 e. The maximum absolute atomic E-state index is 12.6. The molecule has 0 unspecified atom stereocenters. The van der Waals surface area contributed by atoms with Crippen LogP contribution in [0.3, 0.4) is 0 Å². The SMILES string of the molecule is CC(=O)Nc1ccc(C#CC2(NC(=O)CN3CCCC3)CCCCC2)cn1. The molecule has 0 bridgehead atoms. The quantitative estimate of drug-likeness (QED) is 0.800. The molecule has 2 fully saturated rings. The lowest BCUT2D eigenvalue weighted by Gasteiger charge is -2.34. The Kier molecular flexibility index (Phi) is 6.46. The number of amides is 2. The minimum absolute atomic E-state index is 0.0761. The number of pyridine rings is 1. The van der Waals surface area contributed by atoms with Gasteiger partial charge in [-0.3, -0.25) is 14.5 Å². The Morgan fingerprint density at radius 3 is 2.52 bits per heavy atom. The van der Waals surface area contributed by atoms with Crippen LogP contribution in [0.5, 0.6) is 0 Å². The molecule has 0 aromatic carbocycles. The van der Waals surface area contributed by atoms with E-state index in [-0.39, 0.29) is 11.8 Å². The number of nitrogens with one attached hydrogen (secondary N) is 2. The van der Waals surface area contributed by atoms with Gasteiger partial charge < -0.3 is 10.6 Å². The molecule has 1 aromatic rings. The molecule has 144 valence electrons. The molecule has 3 rings (SSSR count). The molecule has 1 aliphatic carbocycles. The number of aromatic nitrogens is 1. The normalized spacial score (nSPS) is 19.0. The van der Waals surface area contributed by atoms with Crippen molar-refractivity contribution in [1.82, 2.24) is 15.2 Å². The van der Waals surface area contributed by atoms with Crippen molar-refractivity contribution in [3.05, 3.63) is 23.9 Å². The summed E-state index contributed by atoms with van der Waals surface area (Å²) in [5, 5.41) is 5.88. The first-order valence-electron chi connectivity index (χ1n) is 9.85. The zero-order chi connectivity index (χ0) is 19.1. The highest BCUT2D eigenvalue weighted by atomic mass is 16.2. The molecule has 0 radical (unpaired) electrons. The zero-order valence-corrected chi connectivity index (χ0v) is 16.0. The van der Waals surface area contributed by atoms with Crippen molar-refractivity contribution in [2.75, 3.05) is 25.0 Å². The fourth-order valence-corrected chi connectivity index (χ4v) is 3.80. The molecule has 2 heterocycles. The minimum atomic E-state index is -0.439. The fraction of sp³-hybridized carbons (Fsp3) is 0.571. The molecule has 1 aliphatic heterocycles. The average molecular weight is 368 g/mol. The molecule has 0 atom stereocenters. The van der Waals surface area contributed by atoms with Gasteiger partial charge in [0.15, 0.2) is 0 Å². The Balaban J connectivity index is 1.68. The number of rotatable bonds is 4. The van der Waals surface area contributed by atoms with Gasteiger partial charge in [-0.2, -0.15) is 0 Å². The van der Waals surface area contributed by atoms with Gasteiger partial charge in [0, 0.05) is 18.7 Å². The number of anilines is 1. The Morgan fingerprint density at radius 1 is 1.15 bits per heavy atom. The largest absolute Gasteiger partial charge is 0.339 e. The fourth-order valence-electron chi connectivity index (χ4n) is 3.80. The second kappa shape index (κ2) is 9.01. The van der Waals surface area contributed by atoms with Crippen LogP contribution in [0.4, 0.5) is 5.82 Å². The van der Waals surface area contributed by atoms with Gasteiger partial charge in [0.1, 0.15) is 11.4 Å². The van der Waals surface area contributed by atoms with Gasteiger partial charge in [-0.1, -0.05) is 31.1 Å². The van der Waals surface area contributed by atoms with Gasteiger partial charge in [-0.15, -0.1) is 0 Å². The third-order valence-electron chi connectivity index (χ3n) is 5.17. The number of carbonyl (C=O) groups excluding carboxylic acids is 2. The predicted octanol–water partition coefficient (Wildman–Crippen LogP) is 2.31. The third kappa shape index (κ3) is 5.80. The lowest BCUT2D eigenvalue weighted by molar-refractivity contribution is -0.123. The molecular weight excluding hydrogens is 340 g/mol. The van der Waals surface area contributed by atoms with Crippen LogP contribution in [0.2, 0.25) is 0 Å². The van der Waals surface area contributed by atoms with Gasteiger partial charge in [-0.25, -0.2) is 4.98 Å². The Labute approximate surface area is 161 Å². The molecule has 1 saturated heterocycles. The van der Waals surface area contributed by atoms with Crippen molar-refractivity contribution in [2.45, 2.75) is 57.4 Å². The minimum Gasteiger partial charge on any atom is -0.339 e. The smallest absolute Gasteiger partial charge is 0.235 e. The van der Waals surface area contributed by atoms with Gasteiger partial charge in [0.05, 0.1) is 6.54 Å². The van der Waals surface area contributed by atoms with Crippen molar-refractivity contribution < 1.29 is 9.59 Å². The van der Waals surface area contributed by atoms with Crippen molar-refractivity contribution in [3.63, 3.8) is 0 Å². The van der Waals surface area contributed by atoms with Gasteiger partial charge in [-0.05, 0) is 50.9 Å². The van der Waals surface area contributed by atoms with Crippen LogP contribution in [-0.4, -0.2) is 46.9 Å². The summed E-state index contributed by atoms with van der Waals surface area (Å²) in [6.45, 7) is 3.94. The zero-order valence-electron chi connectivity index (χ0n) is 16.0. The summed E-state index contributed by atoms with van der Waals surface area (Å²) in [7, 11) is 0. The summed E-state index contributed by atoms with van der Waals surface area (Å²) < 4.78 is 0. The van der Waals surface area contributed by atoms with Crippen LogP contribution in [-0.2, 0) is 9.59 Å². The molecule has 27 heavy (non-hydrogen) atoms. The summed E-state index contributed by atoms with van der Waals surface area (Å²) in [5.74, 6) is 6.96. The summed E-state index contributed by atoms with van der Waals surface area (Å²) >= 11 is 0. The molecule has 0 spiro atoms. The first-order chi connectivity index (χ1) is 13.0. The van der Waals surface area contributed by atoms with E-state index >= 15 is 0 Å². The molecule has 2 aliphatic rings. The van der Waals surface area contributed by atoms with Gasteiger partial charge >= 0.3 is 0 Å². The topological polar surface area (TPSA) is 74.3 Å². The predicted molar refractivity (Wildman–Crippen MR) is 105 cm³/mol. The van der Waals surface area contributed by atoms with E-state index in [0.29, 0.717) is 12.4 Å². The third-order valence-corrected chi connectivity index (χ3v) is 5.17. The highest BCUT2D eigenvalue weighted by molar-refractivity contribution is 5.87. The maximum atomic E-state index is 12.6. The molecule has 6 nitrogen and oxygen atoms in total. The Morgan fingerprint density at radius 2 is 1.89 bits per heavy atom. The second-order valence-electron chi connectivity index (χ2n) is 7.54. The summed E-state index contributed by atoms with van der Waals surface area (Å²) in [6.07, 6.45) is 9.15. The Bertz CT molecular complexity index is 721. The molecule has 2 amide bonds. The monoisotopic (exact) mass is 368 g/mol. The standard InChI is InChI=1S/C21H28N4O2/c1-17(26)23-19-8-7-18(15-22-19)9-12-21(10-3-2-4-11-21)24-20(27)16-25-13-5-6-14-25/h7-8,15H,2-6,10-11,13-14,16H2,1H3,(H,24,27)(H,22,23,26). The van der Waals surface area contributed by atoms with E-state index in [0.717, 1.165) is 44.3 Å². The van der Waals surface area contributed by atoms with Crippen LogP contribution in [0.1, 0.15) is 57.4 Å². The van der Waals surface area contributed by atoms with Crippen LogP contribution in [0.15, 0.2) is 18.3 Å². The summed E-state index contributed by atoms with van der Waals surface area (Å²) in [6, 6.07) is 3.58. The van der Waals surface area contributed by atoms with Crippen LogP contribution in [0, 0.1) is 11.8 Å². The second-order valence-corrected chi connectivity index (χ2v) is 7.54. The number of hydrogen-bond donors (Lipinski definition) is 2. The van der Waals surface area contributed by atoms with E-state index < -0.39 is 5.54 Å². The lowest BCUT2D eigenvalue weighted by atomic mass is 9.82. The molecular formula is C21H28N4O2. The van der Waals surface area contributed by atoms with E-state index in [4.69, 9.17) is 0 Å². The first-order valence-corrected chi connectivity index (χ1v) is 9.85. The first kappa shape index (κ1) is 19.4. The van der Waals surface area contributed by atoms with E-state index in [1.165, 1.54) is 26.2 Å². The highest BCUT2D eigenvalue weighted by Crippen LogP contribution is 2.28. The molecule has 1 saturated carbocycles. The van der Waals surface area contributed by atoms with E-state index in [1.807, 2.05) is 6.07 Å². The van der Waals surface area contributed by atoms with E-state index in [9.17, 15) is 9.59 Å². The number of hydrogen-bond acceptors (Lipinski definition) is 4. The Hall–Kier alpha value is -2.39. The van der Waals surface area contributed by atoms with Gasteiger partial charge in [0.2, 0.25) is 11.8 Å². The number of nitrogens with zero attached hydrogens (tertiary/aromatic N) is 2. The molecule has 2 N–H and O–H groups in total. The molecule has 6 heteroatoms. The number of carbonyl (C=O) groups is 2. The summed E-state index contributed by atoms with van der Waals surface area (Å²) in [5.41, 5.74) is 0.341. The van der Waals surface area contributed by atoms with Crippen LogP contribution in [0.25, 0.3) is 0 Å².